The van der Waals surface area contributed by atoms with E-state index < -0.39 is 0 Å². The number of benzene rings is 1. The predicted molar refractivity (Wildman–Crippen MR) is 105 cm³/mol. The van der Waals surface area contributed by atoms with Crippen LogP contribution in [0.25, 0.3) is 0 Å². The van der Waals surface area contributed by atoms with Crippen LogP contribution < -0.4 is 10.6 Å². The summed E-state index contributed by atoms with van der Waals surface area (Å²) in [6.45, 7) is 9.73. The first-order valence-corrected chi connectivity index (χ1v) is 9.41. The highest BCUT2D eigenvalue weighted by molar-refractivity contribution is 5.85. The zero-order valence-electron chi connectivity index (χ0n) is 15.5. The van der Waals surface area contributed by atoms with Gasteiger partial charge in [-0.25, -0.2) is 0 Å². The van der Waals surface area contributed by atoms with E-state index >= 15 is 0 Å². The first-order valence-electron chi connectivity index (χ1n) is 9.41. The van der Waals surface area contributed by atoms with Crippen molar-refractivity contribution in [1.29, 1.82) is 0 Å². The van der Waals surface area contributed by atoms with Gasteiger partial charge in [0.15, 0.2) is 0 Å². The maximum atomic E-state index is 12.0. The molecule has 2 aliphatic heterocycles. The van der Waals surface area contributed by atoms with Crippen LogP contribution in [0.2, 0.25) is 0 Å². The lowest BCUT2D eigenvalue weighted by Gasteiger charge is -2.35. The van der Waals surface area contributed by atoms with E-state index in [1.54, 1.807) is 0 Å². The summed E-state index contributed by atoms with van der Waals surface area (Å²) in [5.41, 5.74) is 2.54. The fourth-order valence-corrected chi connectivity index (χ4v) is 4.16. The molecule has 0 spiro atoms. The number of carbonyl (C=O) groups excluding carboxylic acids is 1. The highest BCUT2D eigenvalue weighted by Crippen LogP contribution is 2.22. The third kappa shape index (κ3) is 5.98. The molecule has 2 heterocycles. The van der Waals surface area contributed by atoms with E-state index in [-0.39, 0.29) is 24.4 Å². The first-order chi connectivity index (χ1) is 11.6. The van der Waals surface area contributed by atoms with E-state index in [1.807, 2.05) is 0 Å². The van der Waals surface area contributed by atoms with E-state index in [0.29, 0.717) is 6.54 Å². The molecule has 2 fully saturated rings. The van der Waals surface area contributed by atoms with Crippen LogP contribution in [0.15, 0.2) is 24.3 Å². The summed E-state index contributed by atoms with van der Waals surface area (Å²) in [6, 6.07) is 8.72. The van der Waals surface area contributed by atoms with Gasteiger partial charge in [-0.15, -0.1) is 12.4 Å². The smallest absolute Gasteiger partial charge is 0.237 e. The number of halogens is 1. The third-order valence-electron chi connectivity index (χ3n) is 5.22. The largest absolute Gasteiger partial charge is 0.351 e. The highest BCUT2D eigenvalue weighted by atomic mass is 35.5. The van der Waals surface area contributed by atoms with Crippen molar-refractivity contribution in [2.45, 2.75) is 52.2 Å². The lowest BCUT2D eigenvalue weighted by molar-refractivity contribution is -0.122. The predicted octanol–water partition coefficient (Wildman–Crippen LogP) is 2.95. The second-order valence-electron chi connectivity index (χ2n) is 7.82. The molecule has 3 atom stereocenters. The number of piperidine rings is 1. The molecule has 2 saturated heterocycles. The van der Waals surface area contributed by atoms with Crippen molar-refractivity contribution in [2.24, 2.45) is 11.8 Å². The zero-order chi connectivity index (χ0) is 16.9. The van der Waals surface area contributed by atoms with Gasteiger partial charge in [0.2, 0.25) is 5.91 Å². The molecule has 140 valence electrons. The molecule has 0 aliphatic carbocycles. The normalized spacial score (nSPS) is 26.9. The fourth-order valence-electron chi connectivity index (χ4n) is 4.16. The van der Waals surface area contributed by atoms with Crippen LogP contribution in [-0.4, -0.2) is 36.5 Å². The highest BCUT2D eigenvalue weighted by Gasteiger charge is 2.22. The molecule has 4 nitrogen and oxygen atoms in total. The number of carbonyl (C=O) groups is 1. The summed E-state index contributed by atoms with van der Waals surface area (Å²) in [5.74, 6) is 1.73. The second-order valence-corrected chi connectivity index (χ2v) is 7.82. The lowest BCUT2D eigenvalue weighted by atomic mass is 9.91. The Kier molecular flexibility index (Phi) is 7.73. The molecule has 0 bridgehead atoms. The number of nitrogens with one attached hydrogen (secondary N) is 2. The van der Waals surface area contributed by atoms with Crippen LogP contribution in [0.3, 0.4) is 0 Å². The SMILES string of the molecule is CC1CC(C)CN(Cc2ccc(CNC(=O)[C@@H]3CCCN3)cc2)C1.Cl. The molecule has 5 heteroatoms. The van der Waals surface area contributed by atoms with E-state index in [9.17, 15) is 4.79 Å². The molecule has 1 aromatic carbocycles. The van der Waals surface area contributed by atoms with Crippen LogP contribution in [-0.2, 0) is 17.9 Å². The fraction of sp³-hybridized carbons (Fsp3) is 0.650. The van der Waals surface area contributed by atoms with Crippen LogP contribution in [0.1, 0.15) is 44.2 Å². The average molecular weight is 366 g/mol. The molecule has 0 radical (unpaired) electrons. The number of likely N-dealkylation sites (tertiary alicyclic amines) is 1. The molecule has 0 aromatic heterocycles. The number of hydrogen-bond acceptors (Lipinski definition) is 3. The van der Waals surface area contributed by atoms with Crippen molar-refractivity contribution < 1.29 is 4.79 Å². The minimum Gasteiger partial charge on any atom is -0.351 e. The van der Waals surface area contributed by atoms with Gasteiger partial charge in [0.05, 0.1) is 6.04 Å². The van der Waals surface area contributed by atoms with Crippen molar-refractivity contribution in [3.05, 3.63) is 35.4 Å². The Labute approximate surface area is 158 Å². The Balaban J connectivity index is 0.00000225. The van der Waals surface area contributed by atoms with Gasteiger partial charge in [0, 0.05) is 26.2 Å². The maximum absolute atomic E-state index is 12.0. The molecular weight excluding hydrogens is 334 g/mol. The van der Waals surface area contributed by atoms with Crippen molar-refractivity contribution in [1.82, 2.24) is 15.5 Å². The maximum Gasteiger partial charge on any atom is 0.237 e. The quantitative estimate of drug-likeness (QED) is 0.843. The van der Waals surface area contributed by atoms with Gasteiger partial charge in [0.25, 0.3) is 0 Å². The van der Waals surface area contributed by atoms with Gasteiger partial charge in [-0.3, -0.25) is 9.69 Å². The van der Waals surface area contributed by atoms with Crippen LogP contribution in [0.4, 0.5) is 0 Å². The van der Waals surface area contributed by atoms with Crippen LogP contribution >= 0.6 is 12.4 Å². The Bertz CT molecular complexity index is 532. The number of amides is 1. The summed E-state index contributed by atoms with van der Waals surface area (Å²) in [6.07, 6.45) is 3.41. The first kappa shape index (κ1) is 20.2. The van der Waals surface area contributed by atoms with Crippen molar-refractivity contribution >= 4 is 18.3 Å². The van der Waals surface area contributed by atoms with Crippen molar-refractivity contribution in [2.75, 3.05) is 19.6 Å². The molecule has 0 saturated carbocycles. The van der Waals surface area contributed by atoms with Crippen molar-refractivity contribution in [3.8, 4) is 0 Å². The Morgan fingerprint density at radius 1 is 1.16 bits per heavy atom. The molecule has 1 aromatic rings. The van der Waals surface area contributed by atoms with E-state index in [2.05, 4.69) is 53.6 Å². The third-order valence-corrected chi connectivity index (χ3v) is 5.22. The average Bonchev–Trinajstić information content (AvgIpc) is 3.07. The monoisotopic (exact) mass is 365 g/mol. The Morgan fingerprint density at radius 3 is 2.40 bits per heavy atom. The molecule has 2 aliphatic rings. The molecule has 2 unspecified atom stereocenters. The Morgan fingerprint density at radius 2 is 1.80 bits per heavy atom. The summed E-state index contributed by atoms with van der Waals surface area (Å²) >= 11 is 0. The minimum absolute atomic E-state index is 0. The van der Waals surface area contributed by atoms with E-state index in [0.717, 1.165) is 37.8 Å². The summed E-state index contributed by atoms with van der Waals surface area (Å²) < 4.78 is 0. The van der Waals surface area contributed by atoms with Gasteiger partial charge in [0.1, 0.15) is 0 Å². The molecule has 2 N–H and O–H groups in total. The zero-order valence-corrected chi connectivity index (χ0v) is 16.3. The van der Waals surface area contributed by atoms with Crippen LogP contribution in [0.5, 0.6) is 0 Å². The van der Waals surface area contributed by atoms with E-state index in [1.165, 1.54) is 30.6 Å². The standard InChI is InChI=1S/C20H31N3O.ClH/c1-15-10-16(2)13-23(12-15)14-18-7-5-17(6-8-18)11-22-20(24)19-4-3-9-21-19;/h5-8,15-16,19,21H,3-4,9-14H2,1-2H3,(H,22,24);1H/t15?,16?,19-;/m0./s1. The second kappa shape index (κ2) is 9.56. The molecule has 3 rings (SSSR count). The summed E-state index contributed by atoms with van der Waals surface area (Å²) in [5, 5.41) is 6.28. The van der Waals surface area contributed by atoms with Gasteiger partial charge < -0.3 is 10.6 Å². The summed E-state index contributed by atoms with van der Waals surface area (Å²) in [7, 11) is 0. The molecule has 25 heavy (non-hydrogen) atoms. The van der Waals surface area contributed by atoms with Gasteiger partial charge in [-0.1, -0.05) is 38.1 Å². The Hall–Kier alpha value is -1.10. The summed E-state index contributed by atoms with van der Waals surface area (Å²) in [4.78, 5) is 14.6. The topological polar surface area (TPSA) is 44.4 Å². The number of rotatable bonds is 5. The number of hydrogen-bond donors (Lipinski definition) is 2. The number of nitrogens with zero attached hydrogens (tertiary/aromatic N) is 1. The molecular formula is C20H32ClN3O. The lowest BCUT2D eigenvalue weighted by Crippen LogP contribution is -2.40. The van der Waals surface area contributed by atoms with Gasteiger partial charge in [-0.2, -0.15) is 0 Å². The van der Waals surface area contributed by atoms with Crippen molar-refractivity contribution in [3.63, 3.8) is 0 Å². The van der Waals surface area contributed by atoms with E-state index in [4.69, 9.17) is 0 Å². The van der Waals surface area contributed by atoms with Gasteiger partial charge in [-0.05, 0) is 48.8 Å². The molecule has 1 amide bonds. The van der Waals surface area contributed by atoms with Crippen LogP contribution in [0, 0.1) is 11.8 Å². The van der Waals surface area contributed by atoms with Gasteiger partial charge >= 0.3 is 0 Å². The minimum atomic E-state index is 0.